The highest BCUT2D eigenvalue weighted by molar-refractivity contribution is 6.30. The minimum Gasteiger partial charge on any atom is -0.350 e. The first kappa shape index (κ1) is 14.1. The topological polar surface area (TPSA) is 37.8 Å². The zero-order valence-corrected chi connectivity index (χ0v) is 12.2. The molecule has 2 aromatic rings. The van der Waals surface area contributed by atoms with Gasteiger partial charge in [-0.3, -0.25) is 0 Å². The van der Waals surface area contributed by atoms with Gasteiger partial charge in [0.15, 0.2) is 0 Å². The molecule has 1 heterocycles. The molecule has 1 aromatic carbocycles. The van der Waals surface area contributed by atoms with E-state index in [0.717, 1.165) is 29.1 Å². The van der Waals surface area contributed by atoms with Crippen molar-refractivity contribution in [3.63, 3.8) is 0 Å². The zero-order valence-electron chi connectivity index (χ0n) is 10.7. The molecule has 3 nitrogen and oxygen atoms in total. The van der Waals surface area contributed by atoms with Crippen molar-refractivity contribution in [1.82, 2.24) is 9.97 Å². The Morgan fingerprint density at radius 3 is 2.53 bits per heavy atom. The van der Waals surface area contributed by atoms with E-state index in [9.17, 15) is 0 Å². The standard InChI is InChI=1S/C14H15Cl2N3/c1-2-3-12-8-13(16)19-14(18-12)17-9-10-4-6-11(15)7-5-10/h4-8H,2-3,9H2,1H3,(H,17,18,19). The molecule has 5 heteroatoms. The van der Waals surface area contributed by atoms with Crippen LogP contribution in [0.4, 0.5) is 5.95 Å². The second-order valence-corrected chi connectivity index (χ2v) is 5.06. The highest BCUT2D eigenvalue weighted by Crippen LogP contribution is 2.14. The fourth-order valence-electron chi connectivity index (χ4n) is 1.71. The summed E-state index contributed by atoms with van der Waals surface area (Å²) in [6.07, 6.45) is 1.93. The summed E-state index contributed by atoms with van der Waals surface area (Å²) in [4.78, 5) is 8.59. The molecule has 0 amide bonds. The lowest BCUT2D eigenvalue weighted by Gasteiger charge is -2.07. The lowest BCUT2D eigenvalue weighted by Crippen LogP contribution is -2.05. The molecule has 0 saturated carbocycles. The number of nitrogens with one attached hydrogen (secondary N) is 1. The Hall–Kier alpha value is -1.32. The largest absolute Gasteiger partial charge is 0.350 e. The first-order valence-corrected chi connectivity index (χ1v) is 6.94. The van der Waals surface area contributed by atoms with Gasteiger partial charge in [0.1, 0.15) is 5.15 Å². The molecule has 0 unspecified atom stereocenters. The monoisotopic (exact) mass is 295 g/mol. The molecule has 0 atom stereocenters. The van der Waals surface area contributed by atoms with Gasteiger partial charge in [-0.1, -0.05) is 48.7 Å². The first-order chi connectivity index (χ1) is 9.17. The van der Waals surface area contributed by atoms with E-state index in [4.69, 9.17) is 23.2 Å². The van der Waals surface area contributed by atoms with Crippen molar-refractivity contribution >= 4 is 29.2 Å². The van der Waals surface area contributed by atoms with Crippen molar-refractivity contribution in [2.24, 2.45) is 0 Å². The number of rotatable bonds is 5. The predicted octanol–water partition coefficient (Wildman–Crippen LogP) is 4.35. The van der Waals surface area contributed by atoms with Crippen molar-refractivity contribution in [3.05, 3.63) is 51.8 Å². The summed E-state index contributed by atoms with van der Waals surface area (Å²) in [5.41, 5.74) is 2.08. The van der Waals surface area contributed by atoms with Crippen molar-refractivity contribution < 1.29 is 0 Å². The molecule has 1 aromatic heterocycles. The van der Waals surface area contributed by atoms with Gasteiger partial charge in [-0.25, -0.2) is 9.97 Å². The Morgan fingerprint density at radius 1 is 1.11 bits per heavy atom. The Bertz CT molecular complexity index is 541. The smallest absolute Gasteiger partial charge is 0.224 e. The van der Waals surface area contributed by atoms with Crippen LogP contribution in [-0.2, 0) is 13.0 Å². The highest BCUT2D eigenvalue weighted by atomic mass is 35.5. The number of benzene rings is 1. The van der Waals surface area contributed by atoms with E-state index in [1.165, 1.54) is 0 Å². The lowest BCUT2D eigenvalue weighted by atomic mass is 10.2. The van der Waals surface area contributed by atoms with Crippen molar-refractivity contribution in [1.29, 1.82) is 0 Å². The molecule has 0 radical (unpaired) electrons. The van der Waals surface area contributed by atoms with Crippen LogP contribution in [0.25, 0.3) is 0 Å². The number of halogens is 2. The number of aromatic nitrogens is 2. The molecule has 0 spiro atoms. The van der Waals surface area contributed by atoms with Crippen molar-refractivity contribution in [2.75, 3.05) is 5.32 Å². The number of nitrogens with zero attached hydrogens (tertiary/aromatic N) is 2. The second-order valence-electron chi connectivity index (χ2n) is 4.24. The molecular formula is C14H15Cl2N3. The van der Waals surface area contributed by atoms with Gasteiger partial charge in [0, 0.05) is 17.3 Å². The van der Waals surface area contributed by atoms with Crippen LogP contribution in [0.3, 0.4) is 0 Å². The molecule has 0 aliphatic carbocycles. The van der Waals surface area contributed by atoms with Gasteiger partial charge >= 0.3 is 0 Å². The van der Waals surface area contributed by atoms with Crippen LogP contribution in [0.1, 0.15) is 24.6 Å². The Labute approximate surface area is 123 Å². The molecule has 1 N–H and O–H groups in total. The third-order valence-electron chi connectivity index (χ3n) is 2.62. The summed E-state index contributed by atoms with van der Waals surface area (Å²) >= 11 is 11.8. The number of hydrogen-bond acceptors (Lipinski definition) is 3. The van der Waals surface area contributed by atoms with E-state index in [0.29, 0.717) is 17.6 Å². The first-order valence-electron chi connectivity index (χ1n) is 6.19. The minimum absolute atomic E-state index is 0.469. The van der Waals surface area contributed by atoms with Crippen molar-refractivity contribution in [2.45, 2.75) is 26.3 Å². The summed E-state index contributed by atoms with van der Waals surface area (Å²) in [7, 11) is 0. The van der Waals surface area contributed by atoms with E-state index < -0.39 is 0 Å². The molecule has 0 saturated heterocycles. The lowest BCUT2D eigenvalue weighted by molar-refractivity contribution is 0.870. The molecule has 100 valence electrons. The van der Waals surface area contributed by atoms with Crippen LogP contribution in [-0.4, -0.2) is 9.97 Å². The van der Waals surface area contributed by atoms with Crippen LogP contribution in [0.15, 0.2) is 30.3 Å². The number of anilines is 1. The van der Waals surface area contributed by atoms with Crippen molar-refractivity contribution in [3.8, 4) is 0 Å². The Balaban J connectivity index is 2.04. The van der Waals surface area contributed by atoms with Crippen LogP contribution >= 0.6 is 23.2 Å². The summed E-state index contributed by atoms with van der Waals surface area (Å²) in [5.74, 6) is 0.561. The third-order valence-corrected chi connectivity index (χ3v) is 3.06. The normalized spacial score (nSPS) is 10.5. The molecule has 0 bridgehead atoms. The number of hydrogen-bond donors (Lipinski definition) is 1. The number of aryl methyl sites for hydroxylation is 1. The second kappa shape index (κ2) is 6.73. The maximum Gasteiger partial charge on any atom is 0.224 e. The Kier molecular flexibility index (Phi) is 5.00. The average Bonchev–Trinajstić information content (AvgIpc) is 2.38. The van der Waals surface area contributed by atoms with Crippen LogP contribution < -0.4 is 5.32 Å². The van der Waals surface area contributed by atoms with Gasteiger partial charge in [-0.05, 0) is 30.2 Å². The highest BCUT2D eigenvalue weighted by Gasteiger charge is 2.03. The molecule has 0 fully saturated rings. The molecule has 19 heavy (non-hydrogen) atoms. The van der Waals surface area contributed by atoms with Gasteiger partial charge in [0.2, 0.25) is 5.95 Å². The van der Waals surface area contributed by atoms with E-state index in [-0.39, 0.29) is 0 Å². The quantitative estimate of drug-likeness (QED) is 0.834. The summed E-state index contributed by atoms with van der Waals surface area (Å²) in [6, 6.07) is 9.46. The zero-order chi connectivity index (χ0) is 13.7. The fraction of sp³-hybridized carbons (Fsp3) is 0.286. The molecular weight excluding hydrogens is 281 g/mol. The van der Waals surface area contributed by atoms with Crippen LogP contribution in [0, 0.1) is 0 Å². The molecule has 2 rings (SSSR count). The maximum atomic E-state index is 5.98. The summed E-state index contributed by atoms with van der Waals surface area (Å²) in [5, 5.41) is 4.37. The van der Waals surface area contributed by atoms with Gasteiger partial charge in [0.05, 0.1) is 0 Å². The minimum atomic E-state index is 0.469. The van der Waals surface area contributed by atoms with Gasteiger partial charge < -0.3 is 5.32 Å². The molecule has 0 aliphatic heterocycles. The van der Waals surface area contributed by atoms with E-state index >= 15 is 0 Å². The van der Waals surface area contributed by atoms with Gasteiger partial charge in [-0.2, -0.15) is 0 Å². The fourth-order valence-corrected chi connectivity index (χ4v) is 2.04. The van der Waals surface area contributed by atoms with Gasteiger partial charge in [-0.15, -0.1) is 0 Å². The maximum absolute atomic E-state index is 5.98. The van der Waals surface area contributed by atoms with Gasteiger partial charge in [0.25, 0.3) is 0 Å². The Morgan fingerprint density at radius 2 is 1.84 bits per heavy atom. The van der Waals surface area contributed by atoms with Crippen LogP contribution in [0.2, 0.25) is 10.2 Å². The average molecular weight is 296 g/mol. The van der Waals surface area contributed by atoms with E-state index in [1.807, 2.05) is 24.3 Å². The third kappa shape index (κ3) is 4.37. The SMILES string of the molecule is CCCc1cc(Cl)nc(NCc2ccc(Cl)cc2)n1. The van der Waals surface area contributed by atoms with E-state index in [2.05, 4.69) is 22.2 Å². The molecule has 0 aliphatic rings. The predicted molar refractivity (Wildman–Crippen MR) is 79.8 cm³/mol. The van der Waals surface area contributed by atoms with E-state index in [1.54, 1.807) is 6.07 Å². The van der Waals surface area contributed by atoms with Crippen LogP contribution in [0.5, 0.6) is 0 Å². The summed E-state index contributed by atoms with van der Waals surface area (Å²) < 4.78 is 0. The summed E-state index contributed by atoms with van der Waals surface area (Å²) in [6.45, 7) is 2.75.